The Morgan fingerprint density at radius 3 is 2.29 bits per heavy atom. The predicted octanol–water partition coefficient (Wildman–Crippen LogP) is 6.43. The first-order valence-electron chi connectivity index (χ1n) is 7.56. The van der Waals surface area contributed by atoms with Crippen LogP contribution >= 0.6 is 23.2 Å². The molecule has 0 fully saturated rings. The van der Waals surface area contributed by atoms with Crippen LogP contribution in [0.25, 0.3) is 32.9 Å². The van der Waals surface area contributed by atoms with Crippen molar-refractivity contribution in [2.75, 3.05) is 0 Å². The number of rotatable bonds is 1. The van der Waals surface area contributed by atoms with Crippen LogP contribution in [-0.2, 0) is 0 Å². The van der Waals surface area contributed by atoms with E-state index in [-0.39, 0.29) is 5.91 Å². The maximum atomic E-state index is 12.4. The minimum absolute atomic E-state index is 0.0429. The van der Waals surface area contributed by atoms with Crippen molar-refractivity contribution in [1.29, 1.82) is 0 Å². The number of carbonyl (C=O) groups excluding carboxylic acids is 1. The average Bonchev–Trinajstić information content (AvgIpc) is 2.89. The van der Waals surface area contributed by atoms with Crippen LogP contribution in [0.5, 0.6) is 0 Å². The van der Waals surface area contributed by atoms with Crippen LogP contribution < -0.4 is 0 Å². The first-order valence-corrected chi connectivity index (χ1v) is 8.31. The zero-order valence-corrected chi connectivity index (χ0v) is 14.4. The predicted molar refractivity (Wildman–Crippen MR) is 101 cm³/mol. The third kappa shape index (κ3) is 2.31. The molecule has 2 nitrogen and oxygen atoms in total. The Kier molecular flexibility index (Phi) is 3.60. The van der Waals surface area contributed by atoms with Crippen LogP contribution in [0.4, 0.5) is 0 Å². The van der Waals surface area contributed by atoms with Gasteiger partial charge in [-0.1, -0.05) is 59.6 Å². The monoisotopic (exact) mass is 353 g/mol. The fraction of sp³-hybridized carbons (Fsp3) is 0.0500. The van der Waals surface area contributed by atoms with Gasteiger partial charge in [-0.05, 0) is 29.8 Å². The molecule has 3 aromatic carbocycles. The molecule has 0 bridgehead atoms. The number of para-hydroxylation sites is 1. The van der Waals surface area contributed by atoms with Crippen LogP contribution in [0.15, 0.2) is 60.7 Å². The molecule has 24 heavy (non-hydrogen) atoms. The summed E-state index contributed by atoms with van der Waals surface area (Å²) in [6.45, 7) is 1.57. The minimum Gasteiger partial charge on any atom is -0.279 e. The van der Waals surface area contributed by atoms with Crippen molar-refractivity contribution < 1.29 is 4.79 Å². The van der Waals surface area contributed by atoms with Crippen molar-refractivity contribution in [3.8, 4) is 11.1 Å². The molecule has 1 heterocycles. The Hall–Kier alpha value is -2.29. The van der Waals surface area contributed by atoms with Crippen LogP contribution in [0.1, 0.15) is 11.7 Å². The molecule has 0 aliphatic heterocycles. The number of carbonyl (C=O) groups is 1. The molecule has 1 aromatic heterocycles. The largest absolute Gasteiger partial charge is 0.279 e. The lowest BCUT2D eigenvalue weighted by atomic mass is 10.0. The number of halogens is 2. The molecule has 0 radical (unpaired) electrons. The van der Waals surface area contributed by atoms with Crippen LogP contribution in [0.3, 0.4) is 0 Å². The summed E-state index contributed by atoms with van der Waals surface area (Å²) in [6, 6.07) is 19.3. The van der Waals surface area contributed by atoms with Crippen LogP contribution in [-0.4, -0.2) is 10.5 Å². The third-order valence-electron chi connectivity index (χ3n) is 4.22. The highest BCUT2D eigenvalue weighted by Crippen LogP contribution is 2.37. The first-order chi connectivity index (χ1) is 11.6. The average molecular weight is 354 g/mol. The summed E-state index contributed by atoms with van der Waals surface area (Å²) in [5.74, 6) is -0.0429. The van der Waals surface area contributed by atoms with E-state index in [2.05, 4.69) is 0 Å². The van der Waals surface area contributed by atoms with E-state index in [1.807, 2.05) is 60.7 Å². The highest BCUT2D eigenvalue weighted by molar-refractivity contribution is 6.32. The van der Waals surface area contributed by atoms with Gasteiger partial charge < -0.3 is 0 Å². The molecule has 0 saturated heterocycles. The molecule has 4 aromatic rings. The van der Waals surface area contributed by atoms with Gasteiger partial charge in [-0.25, -0.2) is 0 Å². The SMILES string of the molecule is CC(=O)n1c2cc(Cl)ccc2c2cccc(-c3ccc(Cl)cc3)c21. The van der Waals surface area contributed by atoms with Crippen molar-refractivity contribution in [2.24, 2.45) is 0 Å². The Morgan fingerprint density at radius 2 is 1.58 bits per heavy atom. The molecule has 0 atom stereocenters. The molecule has 0 N–H and O–H groups in total. The second-order valence-corrected chi connectivity index (χ2v) is 6.60. The van der Waals surface area contributed by atoms with Gasteiger partial charge in [-0.3, -0.25) is 9.36 Å². The van der Waals surface area contributed by atoms with Gasteiger partial charge in [0.05, 0.1) is 11.0 Å². The Labute approximate surface area is 149 Å². The summed E-state index contributed by atoms with van der Waals surface area (Å²) in [5, 5.41) is 3.34. The minimum atomic E-state index is -0.0429. The lowest BCUT2D eigenvalue weighted by molar-refractivity contribution is 0.0946. The van der Waals surface area contributed by atoms with Crippen molar-refractivity contribution >= 4 is 50.9 Å². The van der Waals surface area contributed by atoms with Gasteiger partial charge in [0.15, 0.2) is 0 Å². The topological polar surface area (TPSA) is 22.0 Å². The number of benzene rings is 3. The van der Waals surface area contributed by atoms with Gasteiger partial charge in [0.2, 0.25) is 5.91 Å². The standard InChI is InChI=1S/C20H13Cl2NO/c1-12(24)23-19-11-15(22)9-10-17(19)18-4-2-3-16(20(18)23)13-5-7-14(21)8-6-13/h2-11H,1H3. The normalized spacial score (nSPS) is 11.3. The van der Waals surface area contributed by atoms with E-state index in [1.54, 1.807) is 11.5 Å². The molecule has 0 unspecified atom stereocenters. The van der Waals surface area contributed by atoms with Crippen LogP contribution in [0, 0.1) is 0 Å². The smallest absolute Gasteiger partial charge is 0.228 e. The second kappa shape index (κ2) is 5.66. The zero-order chi connectivity index (χ0) is 16.8. The van der Waals surface area contributed by atoms with E-state index in [4.69, 9.17) is 23.2 Å². The highest BCUT2D eigenvalue weighted by atomic mass is 35.5. The number of aromatic nitrogens is 1. The molecule has 0 saturated carbocycles. The van der Waals surface area contributed by atoms with Gasteiger partial charge in [0.1, 0.15) is 0 Å². The van der Waals surface area contributed by atoms with Crippen LogP contribution in [0.2, 0.25) is 10.0 Å². The van der Waals surface area contributed by atoms with Gasteiger partial charge in [0.25, 0.3) is 0 Å². The zero-order valence-electron chi connectivity index (χ0n) is 12.9. The first kappa shape index (κ1) is 15.3. The summed E-state index contributed by atoms with van der Waals surface area (Å²) >= 11 is 12.2. The van der Waals surface area contributed by atoms with E-state index in [9.17, 15) is 4.79 Å². The molecule has 4 rings (SSSR count). The number of hydrogen-bond acceptors (Lipinski definition) is 1. The lowest BCUT2D eigenvalue weighted by Crippen LogP contribution is -2.05. The fourth-order valence-electron chi connectivity index (χ4n) is 3.23. The fourth-order valence-corrected chi connectivity index (χ4v) is 3.52. The third-order valence-corrected chi connectivity index (χ3v) is 4.71. The molecular weight excluding hydrogens is 341 g/mol. The Bertz CT molecular complexity index is 1090. The highest BCUT2D eigenvalue weighted by Gasteiger charge is 2.17. The van der Waals surface area contributed by atoms with Crippen molar-refractivity contribution in [2.45, 2.75) is 6.92 Å². The number of hydrogen-bond donors (Lipinski definition) is 0. The van der Waals surface area contributed by atoms with Crippen molar-refractivity contribution in [3.05, 3.63) is 70.7 Å². The summed E-state index contributed by atoms with van der Waals surface area (Å²) in [4.78, 5) is 12.4. The molecular formula is C20H13Cl2NO. The van der Waals surface area contributed by atoms with E-state index >= 15 is 0 Å². The van der Waals surface area contributed by atoms with Gasteiger partial charge >= 0.3 is 0 Å². The molecule has 0 amide bonds. The Morgan fingerprint density at radius 1 is 0.875 bits per heavy atom. The summed E-state index contributed by atoms with van der Waals surface area (Å²) < 4.78 is 1.74. The molecule has 4 heteroatoms. The van der Waals surface area contributed by atoms with E-state index in [0.29, 0.717) is 10.0 Å². The lowest BCUT2D eigenvalue weighted by Gasteiger charge is -2.08. The molecule has 118 valence electrons. The Balaban J connectivity index is 2.18. The van der Waals surface area contributed by atoms with E-state index in [0.717, 1.165) is 32.9 Å². The van der Waals surface area contributed by atoms with Gasteiger partial charge in [-0.15, -0.1) is 0 Å². The summed E-state index contributed by atoms with van der Waals surface area (Å²) in [5.41, 5.74) is 3.73. The summed E-state index contributed by atoms with van der Waals surface area (Å²) in [6.07, 6.45) is 0. The molecule has 0 spiro atoms. The molecule has 0 aliphatic rings. The second-order valence-electron chi connectivity index (χ2n) is 5.72. The van der Waals surface area contributed by atoms with Gasteiger partial charge in [0, 0.05) is 33.3 Å². The van der Waals surface area contributed by atoms with E-state index in [1.165, 1.54) is 0 Å². The van der Waals surface area contributed by atoms with Crippen molar-refractivity contribution in [3.63, 3.8) is 0 Å². The maximum Gasteiger partial charge on any atom is 0.228 e. The van der Waals surface area contributed by atoms with Crippen molar-refractivity contribution in [1.82, 2.24) is 4.57 Å². The number of nitrogens with zero attached hydrogens (tertiary/aromatic N) is 1. The van der Waals surface area contributed by atoms with E-state index < -0.39 is 0 Å². The van der Waals surface area contributed by atoms with Gasteiger partial charge in [-0.2, -0.15) is 0 Å². The molecule has 0 aliphatic carbocycles. The quantitative estimate of drug-likeness (QED) is 0.386. The number of fused-ring (bicyclic) bond motifs is 3. The maximum absolute atomic E-state index is 12.4. The summed E-state index contributed by atoms with van der Waals surface area (Å²) in [7, 11) is 0.